The molecule has 0 unspecified atom stereocenters. The van der Waals surface area contributed by atoms with Crippen molar-refractivity contribution in [1.82, 2.24) is 4.90 Å². The minimum atomic E-state index is -0.341. The van der Waals surface area contributed by atoms with Crippen molar-refractivity contribution < 1.29 is 14.3 Å². The Morgan fingerprint density at radius 1 is 1.25 bits per heavy atom. The smallest absolute Gasteiger partial charge is 0.319 e. The van der Waals surface area contributed by atoms with Crippen LogP contribution in [0.15, 0.2) is 18.2 Å². The van der Waals surface area contributed by atoms with Crippen molar-refractivity contribution in [3.63, 3.8) is 0 Å². The van der Waals surface area contributed by atoms with Gasteiger partial charge in [-0.2, -0.15) is 0 Å². The monoisotopic (exact) mass is 278 g/mol. The van der Waals surface area contributed by atoms with Gasteiger partial charge < -0.3 is 10.1 Å². The summed E-state index contributed by atoms with van der Waals surface area (Å²) in [5.41, 5.74) is 2.91. The first-order valence-corrected chi connectivity index (χ1v) is 6.62. The molecule has 0 spiro atoms. The van der Waals surface area contributed by atoms with Gasteiger partial charge in [-0.15, -0.1) is 0 Å². The SMILES string of the molecule is CCN(CC(=O)Nc1cc(C)ccc1C)CC(=O)OC. The Kier molecular flexibility index (Phi) is 6.18. The Morgan fingerprint density at radius 3 is 2.55 bits per heavy atom. The zero-order valence-corrected chi connectivity index (χ0v) is 12.5. The first kappa shape index (κ1) is 16.2. The number of benzene rings is 1. The Morgan fingerprint density at radius 2 is 1.95 bits per heavy atom. The number of methoxy groups -OCH3 is 1. The fourth-order valence-electron chi connectivity index (χ4n) is 1.79. The van der Waals surface area contributed by atoms with Crippen LogP contribution in [0.3, 0.4) is 0 Å². The lowest BCUT2D eigenvalue weighted by molar-refractivity contribution is -0.142. The summed E-state index contributed by atoms with van der Waals surface area (Å²) in [4.78, 5) is 25.0. The molecule has 5 nitrogen and oxygen atoms in total. The Labute approximate surface area is 119 Å². The highest BCUT2D eigenvalue weighted by atomic mass is 16.5. The fourth-order valence-corrected chi connectivity index (χ4v) is 1.79. The number of nitrogens with one attached hydrogen (secondary N) is 1. The molecule has 5 heteroatoms. The highest BCUT2D eigenvalue weighted by Gasteiger charge is 2.13. The van der Waals surface area contributed by atoms with Crippen molar-refractivity contribution in [2.75, 3.05) is 32.1 Å². The molecule has 1 aromatic rings. The second-order valence-corrected chi connectivity index (χ2v) is 4.75. The van der Waals surface area contributed by atoms with Crippen LogP contribution in [0.2, 0.25) is 0 Å². The molecular formula is C15H22N2O3. The van der Waals surface area contributed by atoms with Crippen LogP contribution in [0.25, 0.3) is 0 Å². The first-order valence-electron chi connectivity index (χ1n) is 6.62. The van der Waals surface area contributed by atoms with E-state index in [1.54, 1.807) is 4.90 Å². The minimum Gasteiger partial charge on any atom is -0.468 e. The Bertz CT molecular complexity index is 486. The van der Waals surface area contributed by atoms with Gasteiger partial charge in [-0.05, 0) is 37.6 Å². The van der Waals surface area contributed by atoms with Crippen molar-refractivity contribution in [1.29, 1.82) is 0 Å². The molecule has 20 heavy (non-hydrogen) atoms. The van der Waals surface area contributed by atoms with Crippen LogP contribution < -0.4 is 5.32 Å². The van der Waals surface area contributed by atoms with Crippen molar-refractivity contribution in [2.45, 2.75) is 20.8 Å². The summed E-state index contributed by atoms with van der Waals surface area (Å²) in [6.45, 7) is 6.71. The summed E-state index contributed by atoms with van der Waals surface area (Å²) in [6.07, 6.45) is 0. The molecule has 0 aliphatic carbocycles. The highest BCUT2D eigenvalue weighted by Crippen LogP contribution is 2.16. The van der Waals surface area contributed by atoms with Crippen LogP contribution in [0.1, 0.15) is 18.1 Å². The van der Waals surface area contributed by atoms with Crippen LogP contribution in [-0.2, 0) is 14.3 Å². The fraction of sp³-hybridized carbons (Fsp3) is 0.467. The van der Waals surface area contributed by atoms with Gasteiger partial charge in [-0.25, -0.2) is 0 Å². The first-order chi connectivity index (χ1) is 9.46. The normalized spacial score (nSPS) is 10.4. The predicted octanol–water partition coefficient (Wildman–Crippen LogP) is 1.74. The van der Waals surface area contributed by atoms with Gasteiger partial charge in [0, 0.05) is 5.69 Å². The van der Waals surface area contributed by atoms with Gasteiger partial charge in [0.2, 0.25) is 5.91 Å². The topological polar surface area (TPSA) is 58.6 Å². The summed E-state index contributed by atoms with van der Waals surface area (Å²) >= 11 is 0. The van der Waals surface area contributed by atoms with Crippen LogP contribution in [0.4, 0.5) is 5.69 Å². The van der Waals surface area contributed by atoms with E-state index in [2.05, 4.69) is 10.1 Å². The lowest BCUT2D eigenvalue weighted by Gasteiger charge is -2.18. The maximum absolute atomic E-state index is 12.0. The third-order valence-corrected chi connectivity index (χ3v) is 3.06. The molecule has 0 heterocycles. The number of esters is 1. The summed E-state index contributed by atoms with van der Waals surface area (Å²) in [5, 5.41) is 2.87. The minimum absolute atomic E-state index is 0.118. The van der Waals surface area contributed by atoms with Gasteiger partial charge >= 0.3 is 5.97 Å². The maximum Gasteiger partial charge on any atom is 0.319 e. The summed E-state index contributed by atoms with van der Waals surface area (Å²) in [6, 6.07) is 5.90. The number of rotatable bonds is 6. The number of carbonyl (C=O) groups excluding carboxylic acids is 2. The molecule has 0 atom stereocenters. The van der Waals surface area contributed by atoms with Gasteiger partial charge in [0.05, 0.1) is 20.2 Å². The lowest BCUT2D eigenvalue weighted by Crippen LogP contribution is -2.37. The molecule has 110 valence electrons. The molecule has 0 aliphatic rings. The number of aryl methyl sites for hydroxylation is 2. The summed E-state index contributed by atoms with van der Waals surface area (Å²) in [5.74, 6) is -0.476. The number of likely N-dealkylation sites (N-methyl/N-ethyl adjacent to an activating group) is 1. The summed E-state index contributed by atoms with van der Waals surface area (Å²) < 4.78 is 4.60. The third kappa shape index (κ3) is 5.01. The van der Waals surface area contributed by atoms with E-state index < -0.39 is 0 Å². The van der Waals surface area contributed by atoms with E-state index in [-0.39, 0.29) is 25.0 Å². The molecule has 1 amide bonds. The van der Waals surface area contributed by atoms with Crippen LogP contribution in [-0.4, -0.2) is 43.5 Å². The van der Waals surface area contributed by atoms with E-state index in [0.29, 0.717) is 6.54 Å². The average Bonchev–Trinajstić information content (AvgIpc) is 2.41. The molecule has 0 saturated heterocycles. The van der Waals surface area contributed by atoms with E-state index in [1.165, 1.54) is 7.11 Å². The number of amides is 1. The molecule has 1 aromatic carbocycles. The number of ether oxygens (including phenoxy) is 1. The molecule has 1 N–H and O–H groups in total. The van der Waals surface area contributed by atoms with E-state index in [1.807, 2.05) is 39.0 Å². The largest absolute Gasteiger partial charge is 0.468 e. The van der Waals surface area contributed by atoms with Gasteiger partial charge in [0.15, 0.2) is 0 Å². The molecule has 0 aliphatic heterocycles. The maximum atomic E-state index is 12.0. The highest BCUT2D eigenvalue weighted by molar-refractivity contribution is 5.93. The molecular weight excluding hydrogens is 256 g/mol. The predicted molar refractivity (Wildman–Crippen MR) is 78.7 cm³/mol. The molecule has 0 bridgehead atoms. The van der Waals surface area contributed by atoms with Crippen molar-refractivity contribution >= 4 is 17.6 Å². The van der Waals surface area contributed by atoms with E-state index >= 15 is 0 Å². The number of hydrogen-bond donors (Lipinski definition) is 1. The van der Waals surface area contributed by atoms with E-state index in [9.17, 15) is 9.59 Å². The quantitative estimate of drug-likeness (QED) is 0.805. The molecule has 0 fully saturated rings. The average molecular weight is 278 g/mol. The van der Waals surface area contributed by atoms with Crippen molar-refractivity contribution in [3.8, 4) is 0 Å². The van der Waals surface area contributed by atoms with Crippen molar-refractivity contribution in [2.24, 2.45) is 0 Å². The summed E-state index contributed by atoms with van der Waals surface area (Å²) in [7, 11) is 1.34. The molecule has 0 saturated carbocycles. The molecule has 0 aromatic heterocycles. The number of carbonyl (C=O) groups is 2. The number of nitrogens with zero attached hydrogens (tertiary/aromatic N) is 1. The Balaban J connectivity index is 2.61. The van der Waals surface area contributed by atoms with Crippen LogP contribution in [0, 0.1) is 13.8 Å². The molecule has 0 radical (unpaired) electrons. The van der Waals surface area contributed by atoms with Gasteiger partial charge in [0.25, 0.3) is 0 Å². The van der Waals surface area contributed by atoms with Crippen molar-refractivity contribution in [3.05, 3.63) is 29.3 Å². The zero-order valence-electron chi connectivity index (χ0n) is 12.5. The van der Waals surface area contributed by atoms with E-state index in [0.717, 1.165) is 16.8 Å². The van der Waals surface area contributed by atoms with Gasteiger partial charge in [-0.1, -0.05) is 19.1 Å². The zero-order chi connectivity index (χ0) is 15.1. The van der Waals surface area contributed by atoms with Gasteiger partial charge in [-0.3, -0.25) is 14.5 Å². The molecule has 1 rings (SSSR count). The second kappa shape index (κ2) is 7.65. The second-order valence-electron chi connectivity index (χ2n) is 4.75. The third-order valence-electron chi connectivity index (χ3n) is 3.06. The standard InChI is InChI=1S/C15H22N2O3/c1-5-17(10-15(19)20-4)9-14(18)16-13-8-11(2)6-7-12(13)3/h6-8H,5,9-10H2,1-4H3,(H,16,18). The van der Waals surface area contributed by atoms with Crippen LogP contribution in [0.5, 0.6) is 0 Å². The lowest BCUT2D eigenvalue weighted by atomic mass is 10.1. The Hall–Kier alpha value is -1.88. The number of anilines is 1. The van der Waals surface area contributed by atoms with E-state index in [4.69, 9.17) is 0 Å². The van der Waals surface area contributed by atoms with Crippen LogP contribution >= 0.6 is 0 Å². The van der Waals surface area contributed by atoms with Gasteiger partial charge in [0.1, 0.15) is 0 Å². The number of hydrogen-bond acceptors (Lipinski definition) is 4.